The molecule has 1 saturated carbocycles. The van der Waals surface area contributed by atoms with Crippen molar-refractivity contribution in [3.8, 4) is 0 Å². The Kier molecular flexibility index (Phi) is 5.33. The van der Waals surface area contributed by atoms with Crippen LogP contribution in [-0.2, 0) is 24.2 Å². The van der Waals surface area contributed by atoms with Crippen LogP contribution in [0.1, 0.15) is 78.1 Å². The Bertz CT molecular complexity index is 1130. The monoisotopic (exact) mass is 416 g/mol. The van der Waals surface area contributed by atoms with Crippen LogP contribution in [0.2, 0.25) is 0 Å². The number of carboxylic acid groups (broad SMARTS) is 1. The highest BCUT2D eigenvalue weighted by atomic mass is 16.4. The van der Waals surface area contributed by atoms with Crippen LogP contribution in [0.15, 0.2) is 30.3 Å². The fourth-order valence-corrected chi connectivity index (χ4v) is 6.02. The molecule has 0 saturated heterocycles. The van der Waals surface area contributed by atoms with Gasteiger partial charge in [0, 0.05) is 23.3 Å². The van der Waals surface area contributed by atoms with Gasteiger partial charge in [-0.15, -0.1) is 0 Å². The highest BCUT2D eigenvalue weighted by Gasteiger charge is 2.31. The first-order valence-corrected chi connectivity index (χ1v) is 11.8. The van der Waals surface area contributed by atoms with Gasteiger partial charge in [-0.1, -0.05) is 37.1 Å². The van der Waals surface area contributed by atoms with Crippen LogP contribution < -0.4 is 0 Å². The summed E-state index contributed by atoms with van der Waals surface area (Å²) in [6.07, 6.45) is 8.73. The highest BCUT2D eigenvalue weighted by molar-refractivity contribution is 5.86. The summed E-state index contributed by atoms with van der Waals surface area (Å²) >= 11 is 0. The highest BCUT2D eigenvalue weighted by Crippen LogP contribution is 2.38. The van der Waals surface area contributed by atoms with Crippen LogP contribution in [0.5, 0.6) is 0 Å². The fraction of sp³-hybridized carbons (Fsp3) is 0.481. The van der Waals surface area contributed by atoms with E-state index in [-0.39, 0.29) is 11.8 Å². The third-order valence-corrected chi connectivity index (χ3v) is 7.48. The predicted octanol–water partition coefficient (Wildman–Crippen LogP) is 5.94. The minimum atomic E-state index is -0.643. The Morgan fingerprint density at radius 3 is 2.58 bits per heavy atom. The standard InChI is InChI=1S/C27H32N2O2/c1-17-15-18(2)28-26-25(17)23-9-5-6-10-24(23)29(26)16-19-11-13-20(14-12-19)21-7-3-4-8-22(21)27(30)31/h11-15,21-22H,3-10,16H2,1-2H3,(H,30,31). The lowest BCUT2D eigenvalue weighted by molar-refractivity contribution is -0.143. The zero-order valence-corrected chi connectivity index (χ0v) is 18.7. The quantitative estimate of drug-likeness (QED) is 0.573. The molecule has 1 N–H and O–H groups in total. The van der Waals surface area contributed by atoms with Crippen LogP contribution in [-0.4, -0.2) is 20.6 Å². The van der Waals surface area contributed by atoms with Crippen molar-refractivity contribution in [1.82, 2.24) is 9.55 Å². The van der Waals surface area contributed by atoms with E-state index in [4.69, 9.17) is 4.98 Å². The molecule has 2 unspecified atom stereocenters. The van der Waals surface area contributed by atoms with Crippen LogP contribution >= 0.6 is 0 Å². The van der Waals surface area contributed by atoms with Crippen LogP contribution in [0, 0.1) is 19.8 Å². The minimum absolute atomic E-state index is 0.146. The summed E-state index contributed by atoms with van der Waals surface area (Å²) in [6, 6.07) is 10.9. The summed E-state index contributed by atoms with van der Waals surface area (Å²) in [5.74, 6) is -0.737. The number of carbonyl (C=O) groups is 1. The molecule has 0 spiro atoms. The van der Waals surface area contributed by atoms with E-state index in [9.17, 15) is 9.90 Å². The average molecular weight is 417 g/mol. The molecule has 1 fully saturated rings. The molecule has 3 aromatic rings. The van der Waals surface area contributed by atoms with Crippen molar-refractivity contribution in [3.05, 3.63) is 64.0 Å². The summed E-state index contributed by atoms with van der Waals surface area (Å²) in [4.78, 5) is 16.7. The van der Waals surface area contributed by atoms with Gasteiger partial charge < -0.3 is 9.67 Å². The summed E-state index contributed by atoms with van der Waals surface area (Å²) in [6.45, 7) is 5.13. The molecular formula is C27H32N2O2. The molecule has 31 heavy (non-hydrogen) atoms. The Morgan fingerprint density at radius 1 is 1.06 bits per heavy atom. The molecule has 0 amide bonds. The molecule has 0 radical (unpaired) electrons. The summed E-state index contributed by atoms with van der Waals surface area (Å²) < 4.78 is 2.44. The molecule has 2 aliphatic carbocycles. The van der Waals surface area contributed by atoms with Gasteiger partial charge in [0.25, 0.3) is 0 Å². The lowest BCUT2D eigenvalue weighted by atomic mass is 9.75. The Labute approximate surface area is 184 Å². The van der Waals surface area contributed by atoms with Gasteiger partial charge in [-0.05, 0) is 86.6 Å². The third kappa shape index (κ3) is 3.66. The average Bonchev–Trinajstić information content (AvgIpc) is 3.08. The zero-order chi connectivity index (χ0) is 21.5. The molecule has 0 aliphatic heterocycles. The minimum Gasteiger partial charge on any atom is -0.481 e. The second-order valence-corrected chi connectivity index (χ2v) is 9.57. The van der Waals surface area contributed by atoms with Gasteiger partial charge in [0.05, 0.1) is 5.92 Å². The maximum atomic E-state index is 11.7. The lowest BCUT2D eigenvalue weighted by Gasteiger charge is -2.29. The topological polar surface area (TPSA) is 55.1 Å². The smallest absolute Gasteiger partial charge is 0.307 e. The van der Waals surface area contributed by atoms with Crippen molar-refractivity contribution in [2.24, 2.45) is 5.92 Å². The summed E-state index contributed by atoms with van der Waals surface area (Å²) in [7, 11) is 0. The number of aromatic nitrogens is 2. The first-order chi connectivity index (χ1) is 15.0. The van der Waals surface area contributed by atoms with Crippen LogP contribution in [0.4, 0.5) is 0 Å². The molecule has 162 valence electrons. The van der Waals surface area contributed by atoms with Crippen molar-refractivity contribution in [2.75, 3.05) is 0 Å². The number of carboxylic acids is 1. The fourth-order valence-electron chi connectivity index (χ4n) is 6.02. The molecular weight excluding hydrogens is 384 g/mol. The van der Waals surface area contributed by atoms with E-state index < -0.39 is 5.97 Å². The van der Waals surface area contributed by atoms with Crippen LogP contribution in [0.3, 0.4) is 0 Å². The van der Waals surface area contributed by atoms with Crippen molar-refractivity contribution >= 4 is 17.0 Å². The first kappa shape index (κ1) is 20.3. The second kappa shape index (κ2) is 8.14. The SMILES string of the molecule is Cc1cc(C)c2c3c(n(Cc4ccc(C5CCCCC5C(=O)O)cc4)c2n1)CCCC3. The van der Waals surface area contributed by atoms with Crippen molar-refractivity contribution in [2.45, 2.75) is 77.7 Å². The number of hydrogen-bond donors (Lipinski definition) is 1. The second-order valence-electron chi connectivity index (χ2n) is 9.57. The number of fused-ring (bicyclic) bond motifs is 3. The number of hydrogen-bond acceptors (Lipinski definition) is 2. The first-order valence-electron chi connectivity index (χ1n) is 11.8. The molecule has 0 bridgehead atoms. The Hall–Kier alpha value is -2.62. The molecule has 2 heterocycles. The predicted molar refractivity (Wildman–Crippen MR) is 124 cm³/mol. The van der Waals surface area contributed by atoms with Gasteiger partial charge in [-0.3, -0.25) is 4.79 Å². The Balaban J connectivity index is 1.49. The van der Waals surface area contributed by atoms with Gasteiger partial charge in [-0.25, -0.2) is 4.98 Å². The number of rotatable bonds is 4. The van der Waals surface area contributed by atoms with Gasteiger partial charge in [0.2, 0.25) is 0 Å². The van der Waals surface area contributed by atoms with E-state index in [0.717, 1.165) is 56.4 Å². The molecule has 5 rings (SSSR count). The van der Waals surface area contributed by atoms with E-state index in [0.29, 0.717) is 0 Å². The third-order valence-electron chi connectivity index (χ3n) is 7.48. The molecule has 1 aromatic carbocycles. The lowest BCUT2D eigenvalue weighted by Crippen LogP contribution is -2.25. The zero-order valence-electron chi connectivity index (χ0n) is 18.7. The van der Waals surface area contributed by atoms with Gasteiger partial charge in [-0.2, -0.15) is 0 Å². The summed E-state index contributed by atoms with van der Waals surface area (Å²) in [5.41, 5.74) is 8.96. The maximum absolute atomic E-state index is 11.7. The van der Waals surface area contributed by atoms with E-state index in [1.807, 2.05) is 0 Å². The van der Waals surface area contributed by atoms with Crippen LogP contribution in [0.25, 0.3) is 11.0 Å². The molecule has 2 aromatic heterocycles. The van der Waals surface area contributed by atoms with E-state index in [1.165, 1.54) is 46.2 Å². The molecule has 2 aliphatic rings. The van der Waals surface area contributed by atoms with Gasteiger partial charge in [0.15, 0.2) is 0 Å². The summed E-state index contributed by atoms with van der Waals surface area (Å²) in [5, 5.41) is 11.0. The number of pyridine rings is 1. The largest absolute Gasteiger partial charge is 0.481 e. The molecule has 4 nitrogen and oxygen atoms in total. The van der Waals surface area contributed by atoms with Gasteiger partial charge >= 0.3 is 5.97 Å². The van der Waals surface area contributed by atoms with Crippen molar-refractivity contribution in [1.29, 1.82) is 0 Å². The van der Waals surface area contributed by atoms with Gasteiger partial charge in [0.1, 0.15) is 5.65 Å². The van der Waals surface area contributed by atoms with E-state index in [1.54, 1.807) is 0 Å². The number of nitrogens with zero attached hydrogens (tertiary/aromatic N) is 2. The van der Waals surface area contributed by atoms with Crippen molar-refractivity contribution in [3.63, 3.8) is 0 Å². The normalized spacial score (nSPS) is 21.2. The number of aliphatic carboxylic acids is 1. The van der Waals surface area contributed by atoms with Crippen molar-refractivity contribution < 1.29 is 9.90 Å². The number of aryl methyl sites for hydroxylation is 3. The van der Waals surface area contributed by atoms with E-state index in [2.05, 4.69) is 48.7 Å². The maximum Gasteiger partial charge on any atom is 0.307 e. The Morgan fingerprint density at radius 2 is 1.81 bits per heavy atom. The molecule has 4 heteroatoms. The van der Waals surface area contributed by atoms with E-state index >= 15 is 0 Å². The number of benzene rings is 1. The molecule has 2 atom stereocenters.